The SMILES string of the molecule is Cc1cccc(OCC(=O)N2CCCCC2C(C)N)c1.Cl. The molecule has 1 amide bonds. The van der Waals surface area contributed by atoms with Gasteiger partial charge in [0.25, 0.3) is 5.91 Å². The number of benzene rings is 1. The number of rotatable bonds is 4. The molecule has 1 aliphatic heterocycles. The summed E-state index contributed by atoms with van der Waals surface area (Å²) in [7, 11) is 0. The van der Waals surface area contributed by atoms with E-state index < -0.39 is 0 Å². The maximum atomic E-state index is 12.3. The van der Waals surface area contributed by atoms with E-state index in [0.29, 0.717) is 0 Å². The number of hydrogen-bond acceptors (Lipinski definition) is 3. The molecule has 21 heavy (non-hydrogen) atoms. The van der Waals surface area contributed by atoms with Crippen molar-refractivity contribution in [3.63, 3.8) is 0 Å². The molecule has 0 spiro atoms. The number of carbonyl (C=O) groups is 1. The lowest BCUT2D eigenvalue weighted by molar-refractivity contribution is -0.137. The summed E-state index contributed by atoms with van der Waals surface area (Å²) in [5.41, 5.74) is 7.11. The molecule has 2 unspecified atom stereocenters. The Bertz CT molecular complexity index is 465. The Morgan fingerprint density at radius 3 is 2.90 bits per heavy atom. The summed E-state index contributed by atoms with van der Waals surface area (Å²) in [5.74, 6) is 0.779. The number of nitrogens with zero attached hydrogens (tertiary/aromatic N) is 1. The average molecular weight is 313 g/mol. The third kappa shape index (κ3) is 4.90. The summed E-state index contributed by atoms with van der Waals surface area (Å²) in [4.78, 5) is 14.2. The van der Waals surface area contributed by atoms with E-state index in [0.717, 1.165) is 37.1 Å². The molecule has 0 aliphatic carbocycles. The monoisotopic (exact) mass is 312 g/mol. The molecule has 1 fully saturated rings. The standard InChI is InChI=1S/C16H24N2O2.ClH/c1-12-6-5-7-14(10-12)20-11-16(19)18-9-4-3-8-15(18)13(2)17;/h5-7,10,13,15H,3-4,8-9,11,17H2,1-2H3;1H. The third-order valence-corrected chi connectivity index (χ3v) is 3.83. The topological polar surface area (TPSA) is 55.6 Å². The van der Waals surface area contributed by atoms with Crippen LogP contribution in [-0.2, 0) is 4.79 Å². The molecule has 1 aromatic carbocycles. The first kappa shape index (κ1) is 17.8. The van der Waals surface area contributed by atoms with Gasteiger partial charge in [0.1, 0.15) is 5.75 Å². The van der Waals surface area contributed by atoms with Crippen molar-refractivity contribution in [1.29, 1.82) is 0 Å². The highest BCUT2D eigenvalue weighted by Gasteiger charge is 2.29. The molecule has 2 N–H and O–H groups in total. The minimum Gasteiger partial charge on any atom is -0.484 e. The fourth-order valence-corrected chi connectivity index (χ4v) is 2.75. The van der Waals surface area contributed by atoms with Crippen LogP contribution >= 0.6 is 12.4 Å². The van der Waals surface area contributed by atoms with Gasteiger partial charge in [-0.15, -0.1) is 12.4 Å². The van der Waals surface area contributed by atoms with Gasteiger partial charge in [-0.05, 0) is 50.8 Å². The first-order valence-corrected chi connectivity index (χ1v) is 7.32. The zero-order chi connectivity index (χ0) is 14.5. The third-order valence-electron chi connectivity index (χ3n) is 3.83. The van der Waals surface area contributed by atoms with E-state index in [1.807, 2.05) is 43.0 Å². The van der Waals surface area contributed by atoms with Gasteiger partial charge in [-0.2, -0.15) is 0 Å². The highest BCUT2D eigenvalue weighted by atomic mass is 35.5. The van der Waals surface area contributed by atoms with Crippen molar-refractivity contribution in [2.24, 2.45) is 5.73 Å². The summed E-state index contributed by atoms with van der Waals surface area (Å²) in [6, 6.07) is 7.91. The molecule has 1 saturated heterocycles. The molecule has 0 radical (unpaired) electrons. The zero-order valence-corrected chi connectivity index (χ0v) is 13.6. The number of halogens is 1. The second-order valence-corrected chi connectivity index (χ2v) is 5.61. The van der Waals surface area contributed by atoms with Crippen LogP contribution in [0, 0.1) is 6.92 Å². The van der Waals surface area contributed by atoms with Crippen molar-refractivity contribution in [2.45, 2.75) is 45.2 Å². The Balaban J connectivity index is 0.00000220. The number of likely N-dealkylation sites (tertiary alicyclic amines) is 1. The van der Waals surface area contributed by atoms with Gasteiger partial charge in [0.2, 0.25) is 0 Å². The number of ether oxygens (including phenoxy) is 1. The van der Waals surface area contributed by atoms with E-state index in [9.17, 15) is 4.79 Å². The highest BCUT2D eigenvalue weighted by molar-refractivity contribution is 5.85. The normalized spacial score (nSPS) is 19.6. The Hall–Kier alpha value is -1.26. The molecule has 118 valence electrons. The van der Waals surface area contributed by atoms with Crippen molar-refractivity contribution in [3.05, 3.63) is 29.8 Å². The van der Waals surface area contributed by atoms with E-state index in [-0.39, 0.29) is 37.0 Å². The predicted octanol–water partition coefficient (Wildman–Crippen LogP) is 2.52. The van der Waals surface area contributed by atoms with Crippen LogP contribution < -0.4 is 10.5 Å². The van der Waals surface area contributed by atoms with E-state index in [2.05, 4.69) is 0 Å². The van der Waals surface area contributed by atoms with Crippen molar-refractivity contribution < 1.29 is 9.53 Å². The first-order valence-electron chi connectivity index (χ1n) is 7.32. The summed E-state index contributed by atoms with van der Waals surface area (Å²) in [5, 5.41) is 0. The first-order chi connectivity index (χ1) is 9.58. The quantitative estimate of drug-likeness (QED) is 0.929. The number of nitrogens with two attached hydrogens (primary N) is 1. The molecule has 2 atom stereocenters. The minimum absolute atomic E-state index is 0. The average Bonchev–Trinajstić information content (AvgIpc) is 2.45. The summed E-state index contributed by atoms with van der Waals surface area (Å²) in [6.07, 6.45) is 3.20. The molecule has 0 aromatic heterocycles. The molecule has 0 bridgehead atoms. The van der Waals surface area contributed by atoms with Gasteiger partial charge >= 0.3 is 0 Å². The van der Waals surface area contributed by atoms with E-state index in [1.165, 1.54) is 0 Å². The molecular weight excluding hydrogens is 288 g/mol. The lowest BCUT2D eigenvalue weighted by Crippen LogP contribution is -2.52. The van der Waals surface area contributed by atoms with Crippen molar-refractivity contribution >= 4 is 18.3 Å². The molecule has 5 heteroatoms. The number of carbonyl (C=O) groups excluding carboxylic acids is 1. The van der Waals surface area contributed by atoms with Gasteiger partial charge in [-0.3, -0.25) is 4.79 Å². The lowest BCUT2D eigenvalue weighted by Gasteiger charge is -2.38. The fraction of sp³-hybridized carbons (Fsp3) is 0.562. The molecule has 0 saturated carbocycles. The van der Waals surface area contributed by atoms with Gasteiger partial charge in [-0.25, -0.2) is 0 Å². The summed E-state index contributed by atoms with van der Waals surface area (Å²) in [6.45, 7) is 4.86. The van der Waals surface area contributed by atoms with Crippen LogP contribution in [0.25, 0.3) is 0 Å². The fourth-order valence-electron chi connectivity index (χ4n) is 2.75. The maximum absolute atomic E-state index is 12.3. The van der Waals surface area contributed by atoms with Gasteiger partial charge in [0, 0.05) is 18.6 Å². The van der Waals surface area contributed by atoms with Crippen molar-refractivity contribution in [2.75, 3.05) is 13.2 Å². The molecule has 1 heterocycles. The summed E-state index contributed by atoms with van der Waals surface area (Å²) < 4.78 is 5.60. The Morgan fingerprint density at radius 1 is 1.48 bits per heavy atom. The smallest absolute Gasteiger partial charge is 0.260 e. The number of aryl methyl sites for hydroxylation is 1. The minimum atomic E-state index is 0. The van der Waals surface area contributed by atoms with E-state index in [1.54, 1.807) is 0 Å². The molecular formula is C16H25ClN2O2. The molecule has 4 nitrogen and oxygen atoms in total. The number of hydrogen-bond donors (Lipinski definition) is 1. The van der Waals surface area contributed by atoms with Crippen LogP contribution in [0.3, 0.4) is 0 Å². The maximum Gasteiger partial charge on any atom is 0.260 e. The number of piperidine rings is 1. The lowest BCUT2D eigenvalue weighted by atomic mass is 9.97. The molecule has 1 aromatic rings. The Labute approximate surface area is 133 Å². The van der Waals surface area contributed by atoms with Gasteiger partial charge in [0.05, 0.1) is 0 Å². The molecule has 2 rings (SSSR count). The second-order valence-electron chi connectivity index (χ2n) is 5.61. The van der Waals surface area contributed by atoms with E-state index in [4.69, 9.17) is 10.5 Å². The second kappa shape index (κ2) is 8.25. The van der Waals surface area contributed by atoms with Crippen LogP contribution in [0.4, 0.5) is 0 Å². The number of amides is 1. The van der Waals surface area contributed by atoms with Crippen LogP contribution in [0.2, 0.25) is 0 Å². The Kier molecular flexibility index (Phi) is 6.99. The van der Waals surface area contributed by atoms with Crippen LogP contribution in [0.1, 0.15) is 31.7 Å². The predicted molar refractivity (Wildman–Crippen MR) is 86.9 cm³/mol. The van der Waals surface area contributed by atoms with Gasteiger partial charge in [0.15, 0.2) is 6.61 Å². The highest BCUT2D eigenvalue weighted by Crippen LogP contribution is 2.20. The van der Waals surface area contributed by atoms with E-state index >= 15 is 0 Å². The molecule has 1 aliphatic rings. The zero-order valence-electron chi connectivity index (χ0n) is 12.7. The van der Waals surface area contributed by atoms with Crippen LogP contribution in [0.5, 0.6) is 5.75 Å². The van der Waals surface area contributed by atoms with Gasteiger partial charge in [-0.1, -0.05) is 12.1 Å². The largest absolute Gasteiger partial charge is 0.484 e. The van der Waals surface area contributed by atoms with Gasteiger partial charge < -0.3 is 15.4 Å². The van der Waals surface area contributed by atoms with Crippen molar-refractivity contribution in [1.82, 2.24) is 4.90 Å². The van der Waals surface area contributed by atoms with Crippen LogP contribution in [0.15, 0.2) is 24.3 Å². The summed E-state index contributed by atoms with van der Waals surface area (Å²) >= 11 is 0. The Morgan fingerprint density at radius 2 is 2.24 bits per heavy atom. The van der Waals surface area contributed by atoms with Crippen LogP contribution in [-0.4, -0.2) is 36.0 Å². The van der Waals surface area contributed by atoms with Crippen molar-refractivity contribution in [3.8, 4) is 5.75 Å².